The first-order valence-electron chi connectivity index (χ1n) is 7.81. The van der Waals surface area contributed by atoms with Crippen LogP contribution in [0.15, 0.2) is 36.4 Å². The number of thiazole rings is 1. The summed E-state index contributed by atoms with van der Waals surface area (Å²) in [6.07, 6.45) is 2.23. The highest BCUT2D eigenvalue weighted by atomic mass is 32.1. The zero-order valence-corrected chi connectivity index (χ0v) is 13.8. The Morgan fingerprint density at radius 3 is 2.40 bits per heavy atom. The quantitative estimate of drug-likeness (QED) is 0.729. The Hall–Kier alpha value is -2.41. The lowest BCUT2D eigenvalue weighted by molar-refractivity contribution is -0.124. The fourth-order valence-corrected chi connectivity index (χ4v) is 4.01. The number of benzene rings is 2. The van der Waals surface area contributed by atoms with Crippen molar-refractivity contribution in [1.82, 2.24) is 4.98 Å². The number of aromatic nitrogens is 1. The minimum Gasteiger partial charge on any atom is -0.301 e. The molecule has 1 fully saturated rings. The van der Waals surface area contributed by atoms with Crippen LogP contribution in [0.1, 0.15) is 24.8 Å². The molecule has 0 spiro atoms. The van der Waals surface area contributed by atoms with Gasteiger partial charge in [0.2, 0.25) is 5.91 Å². The van der Waals surface area contributed by atoms with Crippen LogP contribution in [0.5, 0.6) is 0 Å². The molecule has 0 aliphatic heterocycles. The fourth-order valence-electron chi connectivity index (χ4n) is 3.14. The third-order valence-electron chi connectivity index (χ3n) is 4.69. The van der Waals surface area contributed by atoms with Crippen LogP contribution in [-0.4, -0.2) is 10.9 Å². The van der Waals surface area contributed by atoms with Gasteiger partial charge in [0.05, 0.1) is 15.6 Å². The van der Waals surface area contributed by atoms with E-state index < -0.39 is 17.0 Å². The Morgan fingerprint density at radius 2 is 1.76 bits per heavy atom. The minimum atomic E-state index is -0.975. The molecule has 0 saturated heterocycles. The molecular weight excluding hydrogens is 349 g/mol. The molecule has 0 radical (unpaired) electrons. The number of amides is 1. The molecule has 2 aromatic carbocycles. The number of carbonyl (C=O) groups excluding carboxylic acids is 1. The monoisotopic (exact) mass is 362 g/mol. The third kappa shape index (κ3) is 2.68. The summed E-state index contributed by atoms with van der Waals surface area (Å²) in [6.45, 7) is 0. The summed E-state index contributed by atoms with van der Waals surface area (Å²) < 4.78 is 40.2. The van der Waals surface area contributed by atoms with Gasteiger partial charge in [0.15, 0.2) is 16.8 Å². The number of carbonyl (C=O) groups is 1. The highest BCUT2D eigenvalue weighted by molar-refractivity contribution is 7.22. The summed E-state index contributed by atoms with van der Waals surface area (Å²) >= 11 is 1.09. The van der Waals surface area contributed by atoms with Crippen molar-refractivity contribution in [3.05, 3.63) is 59.4 Å². The maximum atomic E-state index is 13.3. The second-order valence-electron chi connectivity index (χ2n) is 6.15. The van der Waals surface area contributed by atoms with E-state index in [2.05, 4.69) is 10.3 Å². The average molecular weight is 362 g/mol. The van der Waals surface area contributed by atoms with E-state index >= 15 is 0 Å². The smallest absolute Gasteiger partial charge is 0.236 e. The highest BCUT2D eigenvalue weighted by Crippen LogP contribution is 2.45. The van der Waals surface area contributed by atoms with Crippen molar-refractivity contribution >= 4 is 32.6 Å². The third-order valence-corrected chi connectivity index (χ3v) is 5.62. The van der Waals surface area contributed by atoms with Crippen molar-refractivity contribution in [3.8, 4) is 0 Å². The molecular formula is C18H13F3N2OS. The van der Waals surface area contributed by atoms with Crippen molar-refractivity contribution in [1.29, 1.82) is 0 Å². The summed E-state index contributed by atoms with van der Waals surface area (Å²) in [7, 11) is 0. The van der Waals surface area contributed by atoms with Crippen molar-refractivity contribution < 1.29 is 18.0 Å². The van der Waals surface area contributed by atoms with Crippen LogP contribution in [0.2, 0.25) is 0 Å². The van der Waals surface area contributed by atoms with E-state index in [0.29, 0.717) is 28.2 Å². The lowest BCUT2D eigenvalue weighted by atomic mass is 9.64. The van der Waals surface area contributed by atoms with Crippen LogP contribution in [-0.2, 0) is 10.2 Å². The van der Waals surface area contributed by atoms with Crippen LogP contribution >= 0.6 is 11.3 Å². The molecule has 1 aliphatic rings. The molecule has 25 heavy (non-hydrogen) atoms. The van der Waals surface area contributed by atoms with Gasteiger partial charge in [0.25, 0.3) is 0 Å². The lowest BCUT2D eigenvalue weighted by Crippen LogP contribution is -2.46. The predicted octanol–water partition coefficient (Wildman–Crippen LogP) is 4.77. The van der Waals surface area contributed by atoms with Crippen molar-refractivity contribution in [2.45, 2.75) is 24.7 Å². The number of anilines is 1. The Morgan fingerprint density at radius 1 is 1.08 bits per heavy atom. The Balaban J connectivity index is 1.63. The molecule has 1 N–H and O–H groups in total. The van der Waals surface area contributed by atoms with Gasteiger partial charge >= 0.3 is 0 Å². The molecule has 1 aliphatic carbocycles. The second kappa shape index (κ2) is 5.84. The van der Waals surface area contributed by atoms with E-state index in [9.17, 15) is 18.0 Å². The van der Waals surface area contributed by atoms with Gasteiger partial charge in [0.1, 0.15) is 5.82 Å². The largest absolute Gasteiger partial charge is 0.301 e. The van der Waals surface area contributed by atoms with Crippen molar-refractivity contribution in [2.24, 2.45) is 0 Å². The van der Waals surface area contributed by atoms with Gasteiger partial charge in [-0.25, -0.2) is 18.2 Å². The molecule has 1 saturated carbocycles. The van der Waals surface area contributed by atoms with Gasteiger partial charge < -0.3 is 5.32 Å². The van der Waals surface area contributed by atoms with Crippen LogP contribution in [0.3, 0.4) is 0 Å². The molecule has 1 heterocycles. The molecule has 7 heteroatoms. The summed E-state index contributed by atoms with van der Waals surface area (Å²) in [5.74, 6) is -2.51. The number of nitrogens with zero attached hydrogens (tertiary/aromatic N) is 1. The normalized spacial score (nSPS) is 15.8. The zero-order chi connectivity index (χ0) is 17.6. The van der Waals surface area contributed by atoms with Gasteiger partial charge in [-0.3, -0.25) is 4.79 Å². The summed E-state index contributed by atoms with van der Waals surface area (Å²) in [6, 6.07) is 8.00. The van der Waals surface area contributed by atoms with Gasteiger partial charge in [0, 0.05) is 6.07 Å². The summed E-state index contributed by atoms with van der Waals surface area (Å²) in [4.78, 5) is 17.0. The Kier molecular flexibility index (Phi) is 3.76. The maximum Gasteiger partial charge on any atom is 0.236 e. The Labute approximate surface area is 145 Å². The van der Waals surface area contributed by atoms with Crippen LogP contribution < -0.4 is 5.32 Å². The Bertz CT molecular complexity index is 925. The average Bonchev–Trinajstić information content (AvgIpc) is 2.89. The molecule has 0 atom stereocenters. The van der Waals surface area contributed by atoms with Crippen LogP contribution in [0.4, 0.5) is 18.3 Å². The van der Waals surface area contributed by atoms with Gasteiger partial charge in [-0.15, -0.1) is 0 Å². The molecule has 0 unspecified atom stereocenters. The second-order valence-corrected chi connectivity index (χ2v) is 7.18. The zero-order valence-electron chi connectivity index (χ0n) is 13.0. The van der Waals surface area contributed by atoms with E-state index in [-0.39, 0.29) is 11.7 Å². The molecule has 0 bridgehead atoms. The van der Waals surface area contributed by atoms with Crippen molar-refractivity contribution in [3.63, 3.8) is 0 Å². The standard InChI is InChI=1S/C18H13F3N2OS/c19-11-4-2-10(3-5-11)18(6-1-7-18)16(24)23-17-22-14-8-12(20)13(21)9-15(14)25-17/h2-5,8-9H,1,6-7H2,(H,22,23,24). The molecule has 4 rings (SSSR count). The number of hydrogen-bond acceptors (Lipinski definition) is 3. The molecule has 1 aromatic heterocycles. The first-order chi connectivity index (χ1) is 12.0. The number of nitrogens with one attached hydrogen (secondary N) is 1. The minimum absolute atomic E-state index is 0.231. The van der Waals surface area contributed by atoms with Crippen LogP contribution in [0.25, 0.3) is 10.2 Å². The summed E-state index contributed by atoms with van der Waals surface area (Å²) in [5.41, 5.74) is 0.349. The molecule has 128 valence electrons. The topological polar surface area (TPSA) is 42.0 Å². The van der Waals surface area contributed by atoms with Crippen molar-refractivity contribution in [2.75, 3.05) is 5.32 Å². The van der Waals surface area contributed by atoms with Gasteiger partial charge in [-0.1, -0.05) is 29.9 Å². The first kappa shape index (κ1) is 16.1. The molecule has 3 nitrogen and oxygen atoms in total. The number of halogens is 3. The molecule has 3 aromatic rings. The molecule has 1 amide bonds. The van der Waals surface area contributed by atoms with E-state index in [4.69, 9.17) is 0 Å². The SMILES string of the molecule is O=C(Nc1nc2cc(F)c(F)cc2s1)C1(c2ccc(F)cc2)CCC1. The van der Waals surface area contributed by atoms with Gasteiger partial charge in [-0.05, 0) is 36.6 Å². The number of fused-ring (bicyclic) bond motifs is 1. The maximum absolute atomic E-state index is 13.3. The van der Waals surface area contributed by atoms with E-state index in [0.717, 1.165) is 35.5 Å². The van der Waals surface area contributed by atoms with Gasteiger partial charge in [-0.2, -0.15) is 0 Å². The number of rotatable bonds is 3. The predicted molar refractivity (Wildman–Crippen MR) is 90.1 cm³/mol. The number of hydrogen-bond donors (Lipinski definition) is 1. The lowest BCUT2D eigenvalue weighted by Gasteiger charge is -2.40. The highest BCUT2D eigenvalue weighted by Gasteiger charge is 2.45. The van der Waals surface area contributed by atoms with E-state index in [1.54, 1.807) is 12.1 Å². The first-order valence-corrected chi connectivity index (χ1v) is 8.63. The summed E-state index contributed by atoms with van der Waals surface area (Å²) in [5, 5.41) is 3.05. The fraction of sp³-hybridized carbons (Fsp3) is 0.222. The van der Waals surface area contributed by atoms with Crippen LogP contribution in [0, 0.1) is 17.5 Å². The van der Waals surface area contributed by atoms with E-state index in [1.165, 1.54) is 12.1 Å². The van der Waals surface area contributed by atoms with E-state index in [1.807, 2.05) is 0 Å².